The average Bonchev–Trinajstić information content (AvgIpc) is 2.27. The molecule has 1 fully saturated rings. The van der Waals surface area contributed by atoms with Crippen LogP contribution in [0.1, 0.15) is 26.7 Å². The van der Waals surface area contributed by atoms with E-state index in [0.29, 0.717) is 6.42 Å². The summed E-state index contributed by atoms with van der Waals surface area (Å²) in [6.45, 7) is 3.48. The maximum atomic E-state index is 10.8. The second-order valence-electron chi connectivity index (χ2n) is 3.24. The summed E-state index contributed by atoms with van der Waals surface area (Å²) in [5.74, 6) is -2.05. The molecule has 2 unspecified atom stereocenters. The second kappa shape index (κ2) is 2.77. The Bertz CT molecular complexity index is 223. The summed E-state index contributed by atoms with van der Waals surface area (Å²) >= 11 is 0. The highest BCUT2D eigenvalue weighted by molar-refractivity contribution is 5.83. The number of carboxylic acid groups (broad SMARTS) is 1. The summed E-state index contributed by atoms with van der Waals surface area (Å²) < 4.78 is 4.95. The zero-order valence-electron chi connectivity index (χ0n) is 7.16. The molecule has 0 bridgehead atoms. The van der Waals surface area contributed by atoms with Crippen molar-refractivity contribution < 1.29 is 19.4 Å². The van der Waals surface area contributed by atoms with Gasteiger partial charge in [-0.25, -0.2) is 0 Å². The van der Waals surface area contributed by atoms with E-state index in [1.165, 1.54) is 0 Å². The lowest BCUT2D eigenvalue weighted by molar-refractivity contribution is -0.153. The molecule has 0 amide bonds. The predicted molar refractivity (Wildman–Crippen MR) is 40.5 cm³/mol. The van der Waals surface area contributed by atoms with Gasteiger partial charge in [-0.15, -0.1) is 0 Å². The highest BCUT2D eigenvalue weighted by Gasteiger charge is 2.48. The molecular formula is C8H12O4. The van der Waals surface area contributed by atoms with E-state index in [2.05, 4.69) is 0 Å². The molecule has 1 N–H and O–H groups in total. The van der Waals surface area contributed by atoms with Crippen LogP contribution >= 0.6 is 0 Å². The minimum absolute atomic E-state index is 0.000324. The van der Waals surface area contributed by atoms with Crippen LogP contribution in [0.2, 0.25) is 0 Å². The molecular weight excluding hydrogens is 160 g/mol. The molecule has 1 aliphatic heterocycles. The van der Waals surface area contributed by atoms with Crippen LogP contribution < -0.4 is 0 Å². The van der Waals surface area contributed by atoms with Gasteiger partial charge in [-0.2, -0.15) is 0 Å². The van der Waals surface area contributed by atoms with E-state index in [0.717, 1.165) is 0 Å². The summed E-state index contributed by atoms with van der Waals surface area (Å²) in [5.41, 5.74) is -0.803. The van der Waals surface area contributed by atoms with E-state index in [4.69, 9.17) is 9.84 Å². The van der Waals surface area contributed by atoms with Gasteiger partial charge < -0.3 is 9.84 Å². The third-order valence-electron chi connectivity index (χ3n) is 2.46. The van der Waals surface area contributed by atoms with E-state index < -0.39 is 23.5 Å². The molecule has 0 radical (unpaired) electrons. The normalized spacial score (nSPS) is 34.8. The summed E-state index contributed by atoms with van der Waals surface area (Å²) in [7, 11) is 0. The van der Waals surface area contributed by atoms with Crippen LogP contribution in [-0.2, 0) is 14.3 Å². The minimum Gasteiger partial charge on any atom is -0.481 e. The molecule has 0 aliphatic carbocycles. The number of cyclic esters (lactones) is 1. The van der Waals surface area contributed by atoms with E-state index in [9.17, 15) is 9.59 Å². The first-order chi connectivity index (χ1) is 5.49. The Morgan fingerprint density at radius 2 is 2.42 bits per heavy atom. The van der Waals surface area contributed by atoms with Gasteiger partial charge in [-0.1, -0.05) is 6.92 Å². The molecule has 12 heavy (non-hydrogen) atoms. The number of aliphatic carboxylic acids is 1. The highest BCUT2D eigenvalue weighted by atomic mass is 16.6. The molecule has 4 heteroatoms. The van der Waals surface area contributed by atoms with Crippen LogP contribution in [0.4, 0.5) is 0 Å². The Balaban J connectivity index is 2.86. The molecule has 0 spiro atoms. The van der Waals surface area contributed by atoms with Gasteiger partial charge in [-0.3, -0.25) is 9.59 Å². The Morgan fingerprint density at radius 1 is 1.83 bits per heavy atom. The molecule has 68 valence electrons. The summed E-state index contributed by atoms with van der Waals surface area (Å²) in [6, 6.07) is 0. The van der Waals surface area contributed by atoms with Crippen LogP contribution in [-0.4, -0.2) is 22.6 Å². The van der Waals surface area contributed by atoms with Crippen molar-refractivity contribution in [2.75, 3.05) is 0 Å². The molecule has 4 nitrogen and oxygen atoms in total. The number of carbonyl (C=O) groups excluding carboxylic acids is 1. The zero-order chi connectivity index (χ0) is 9.35. The molecule has 1 aliphatic rings. The van der Waals surface area contributed by atoms with Crippen LogP contribution in [0, 0.1) is 5.92 Å². The van der Waals surface area contributed by atoms with Crippen molar-refractivity contribution in [2.24, 2.45) is 5.92 Å². The van der Waals surface area contributed by atoms with Gasteiger partial charge >= 0.3 is 11.9 Å². The van der Waals surface area contributed by atoms with Crippen molar-refractivity contribution in [1.29, 1.82) is 0 Å². The van der Waals surface area contributed by atoms with Crippen LogP contribution in [0.5, 0.6) is 0 Å². The Hall–Kier alpha value is -1.06. The predicted octanol–water partition coefficient (Wildman–Crippen LogP) is 0.803. The summed E-state index contributed by atoms with van der Waals surface area (Å²) in [6.07, 6.45) is 0.537. The SMILES string of the molecule is CCC1(C)OC(=O)CC1C(=O)O. The van der Waals surface area contributed by atoms with Crippen molar-refractivity contribution >= 4 is 11.9 Å². The number of rotatable bonds is 2. The van der Waals surface area contributed by atoms with E-state index in [1.54, 1.807) is 6.92 Å². The van der Waals surface area contributed by atoms with Gasteiger partial charge in [0.05, 0.1) is 6.42 Å². The first-order valence-corrected chi connectivity index (χ1v) is 3.94. The molecule has 0 aromatic heterocycles. The Labute approximate surface area is 70.5 Å². The lowest BCUT2D eigenvalue weighted by Gasteiger charge is -2.24. The van der Waals surface area contributed by atoms with Gasteiger partial charge in [-0.05, 0) is 13.3 Å². The van der Waals surface area contributed by atoms with Gasteiger partial charge in [0.2, 0.25) is 0 Å². The van der Waals surface area contributed by atoms with Crippen molar-refractivity contribution in [3.05, 3.63) is 0 Å². The topological polar surface area (TPSA) is 63.6 Å². The number of carbonyl (C=O) groups is 2. The van der Waals surface area contributed by atoms with Crippen molar-refractivity contribution in [3.63, 3.8) is 0 Å². The summed E-state index contributed by atoms with van der Waals surface area (Å²) in [4.78, 5) is 21.5. The fourth-order valence-corrected chi connectivity index (χ4v) is 1.42. The van der Waals surface area contributed by atoms with E-state index >= 15 is 0 Å². The fourth-order valence-electron chi connectivity index (χ4n) is 1.42. The monoisotopic (exact) mass is 172 g/mol. The minimum atomic E-state index is -0.954. The third kappa shape index (κ3) is 1.29. The van der Waals surface area contributed by atoms with E-state index in [-0.39, 0.29) is 6.42 Å². The highest BCUT2D eigenvalue weighted by Crippen LogP contribution is 2.35. The van der Waals surface area contributed by atoms with Gasteiger partial charge in [0.1, 0.15) is 11.5 Å². The number of esters is 1. The molecule has 0 saturated carbocycles. The number of carboxylic acids is 1. The molecule has 0 aromatic carbocycles. The lowest BCUT2D eigenvalue weighted by Crippen LogP contribution is -2.35. The molecule has 2 atom stereocenters. The van der Waals surface area contributed by atoms with Crippen molar-refractivity contribution in [1.82, 2.24) is 0 Å². The average molecular weight is 172 g/mol. The quantitative estimate of drug-likeness (QED) is 0.626. The van der Waals surface area contributed by atoms with Crippen LogP contribution in [0.15, 0.2) is 0 Å². The first kappa shape index (κ1) is 9.03. The van der Waals surface area contributed by atoms with Crippen molar-refractivity contribution in [3.8, 4) is 0 Å². The van der Waals surface area contributed by atoms with Gasteiger partial charge in [0.25, 0.3) is 0 Å². The van der Waals surface area contributed by atoms with Crippen molar-refractivity contribution in [2.45, 2.75) is 32.3 Å². The number of hydrogen-bond acceptors (Lipinski definition) is 3. The number of hydrogen-bond donors (Lipinski definition) is 1. The van der Waals surface area contributed by atoms with Crippen LogP contribution in [0.25, 0.3) is 0 Å². The maximum absolute atomic E-state index is 10.8. The Kier molecular flexibility index (Phi) is 2.08. The molecule has 0 aromatic rings. The first-order valence-electron chi connectivity index (χ1n) is 3.94. The molecule has 1 saturated heterocycles. The standard InChI is InChI=1S/C8H12O4/c1-3-8(2)5(7(10)11)4-6(9)12-8/h5H,3-4H2,1-2H3,(H,10,11). The Morgan fingerprint density at radius 3 is 2.75 bits per heavy atom. The molecule has 1 rings (SSSR count). The smallest absolute Gasteiger partial charge is 0.311 e. The second-order valence-corrected chi connectivity index (χ2v) is 3.24. The third-order valence-corrected chi connectivity index (χ3v) is 2.46. The molecule has 1 heterocycles. The largest absolute Gasteiger partial charge is 0.481 e. The van der Waals surface area contributed by atoms with Gasteiger partial charge in [0, 0.05) is 0 Å². The summed E-state index contributed by atoms with van der Waals surface area (Å²) in [5, 5.41) is 8.77. The fraction of sp³-hybridized carbons (Fsp3) is 0.750. The number of ether oxygens (including phenoxy) is 1. The maximum Gasteiger partial charge on any atom is 0.311 e. The van der Waals surface area contributed by atoms with Crippen LogP contribution in [0.3, 0.4) is 0 Å². The lowest BCUT2D eigenvalue weighted by atomic mass is 9.87. The van der Waals surface area contributed by atoms with Gasteiger partial charge in [0.15, 0.2) is 0 Å². The van der Waals surface area contributed by atoms with E-state index in [1.807, 2.05) is 6.92 Å². The zero-order valence-corrected chi connectivity index (χ0v) is 7.16.